The molecule has 0 fully saturated rings. The Hall–Kier alpha value is -3.35. The number of nitrogens with one attached hydrogen (secondary N) is 1. The Morgan fingerprint density at radius 1 is 1.22 bits per heavy atom. The van der Waals surface area contributed by atoms with Crippen LogP contribution in [0.15, 0.2) is 67.8 Å². The molecule has 0 saturated heterocycles. The molecular weight excluding hydrogens is 413 g/mol. The van der Waals surface area contributed by atoms with Gasteiger partial charge in [0.15, 0.2) is 0 Å². The van der Waals surface area contributed by atoms with Crippen molar-refractivity contribution in [1.82, 2.24) is 5.32 Å². The fourth-order valence-electron chi connectivity index (χ4n) is 2.70. The van der Waals surface area contributed by atoms with Crippen LogP contribution in [-0.4, -0.2) is 36.9 Å². The summed E-state index contributed by atoms with van der Waals surface area (Å²) >= 11 is 0. The fourth-order valence-corrected chi connectivity index (χ4v) is 2.70. The molecule has 1 aromatic carbocycles. The molecule has 0 aliphatic heterocycles. The van der Waals surface area contributed by atoms with Gasteiger partial charge < -0.3 is 19.5 Å². The minimum absolute atomic E-state index is 0.203. The highest BCUT2D eigenvalue weighted by Gasteiger charge is 2.21. The zero-order valence-electron chi connectivity index (χ0n) is 19.0. The lowest BCUT2D eigenvalue weighted by atomic mass is 10.00. The number of hydrogen-bond acceptors (Lipinski definition) is 5. The highest BCUT2D eigenvalue weighted by atomic mass is 19.1. The molecule has 6 nitrogen and oxygen atoms in total. The maximum Gasteiger partial charge on any atom is 0.408 e. The summed E-state index contributed by atoms with van der Waals surface area (Å²) in [6.07, 6.45) is 5.81. The highest BCUT2D eigenvalue weighted by Crippen LogP contribution is 2.25. The Balaban J connectivity index is 2.96. The van der Waals surface area contributed by atoms with E-state index in [-0.39, 0.29) is 19.6 Å². The molecule has 0 bridgehead atoms. The summed E-state index contributed by atoms with van der Waals surface area (Å²) in [6.45, 7) is 16.0. The number of hydrogen-bond donors (Lipinski definition) is 1. The third-order valence-corrected chi connectivity index (χ3v) is 3.97. The van der Waals surface area contributed by atoms with Gasteiger partial charge in [-0.2, -0.15) is 0 Å². The van der Waals surface area contributed by atoms with Gasteiger partial charge in [-0.15, -0.1) is 0 Å². The summed E-state index contributed by atoms with van der Waals surface area (Å²) in [5.41, 5.74) is 0.775. The molecule has 0 heterocycles. The summed E-state index contributed by atoms with van der Waals surface area (Å²) in [7, 11) is 0. The molecule has 1 unspecified atom stereocenters. The van der Waals surface area contributed by atoms with Crippen LogP contribution in [0.2, 0.25) is 0 Å². The Bertz CT molecular complexity index is 854. The number of alkyl carbamates (subject to hydrolysis) is 1. The first kappa shape index (κ1) is 26.7. The summed E-state index contributed by atoms with van der Waals surface area (Å²) in [6, 6.07) is 4.17. The third kappa shape index (κ3) is 10.6. The summed E-state index contributed by atoms with van der Waals surface area (Å²) in [5, 5.41) is 2.38. The van der Waals surface area contributed by atoms with Crippen molar-refractivity contribution < 1.29 is 28.2 Å². The molecular formula is C25H32FNO5. The predicted octanol–water partition coefficient (Wildman–Crippen LogP) is 5.06. The van der Waals surface area contributed by atoms with Crippen LogP contribution in [-0.2, 0) is 20.7 Å². The Morgan fingerprint density at radius 2 is 1.94 bits per heavy atom. The Labute approximate surface area is 189 Å². The van der Waals surface area contributed by atoms with E-state index in [9.17, 15) is 14.0 Å². The van der Waals surface area contributed by atoms with Crippen LogP contribution in [0, 0.1) is 5.82 Å². The van der Waals surface area contributed by atoms with Gasteiger partial charge in [-0.1, -0.05) is 50.1 Å². The van der Waals surface area contributed by atoms with Crippen molar-refractivity contribution in [2.75, 3.05) is 13.2 Å². The SMILES string of the molecule is C=C/C=C(\C=C)CC(Cc1ccc(F)cc1OCC=C)OC(=O)CNC(=O)OC(C)(C)C. The van der Waals surface area contributed by atoms with Crippen LogP contribution in [0.4, 0.5) is 9.18 Å². The molecule has 0 radical (unpaired) electrons. The number of carbonyl (C=O) groups excluding carboxylic acids is 2. The first-order valence-corrected chi connectivity index (χ1v) is 10.2. The third-order valence-electron chi connectivity index (χ3n) is 3.97. The number of allylic oxidation sites excluding steroid dienone is 3. The van der Waals surface area contributed by atoms with E-state index >= 15 is 0 Å². The van der Waals surface area contributed by atoms with Gasteiger partial charge in [0.05, 0.1) is 0 Å². The number of rotatable bonds is 12. The maximum absolute atomic E-state index is 13.7. The smallest absolute Gasteiger partial charge is 0.408 e. The van der Waals surface area contributed by atoms with Crippen molar-refractivity contribution in [3.05, 3.63) is 79.2 Å². The second-order valence-electron chi connectivity index (χ2n) is 7.91. The van der Waals surface area contributed by atoms with Crippen molar-refractivity contribution in [2.45, 2.75) is 45.3 Å². The number of ether oxygens (including phenoxy) is 3. The van der Waals surface area contributed by atoms with Crippen molar-refractivity contribution in [3.8, 4) is 5.75 Å². The molecule has 0 aliphatic carbocycles. The normalized spacial score (nSPS) is 12.3. The molecule has 1 N–H and O–H groups in total. The van der Waals surface area contributed by atoms with Crippen LogP contribution in [0.3, 0.4) is 0 Å². The topological polar surface area (TPSA) is 73.9 Å². The number of benzene rings is 1. The quantitative estimate of drug-likeness (QED) is 0.277. The molecule has 0 spiro atoms. The van der Waals surface area contributed by atoms with Crippen molar-refractivity contribution in [2.24, 2.45) is 0 Å². The molecule has 1 aromatic rings. The number of esters is 1. The standard InChI is InChI=1S/C25H32FNO5/c1-7-10-18(9-3)14-21(31-23(28)17-27-24(29)32-25(4,5)6)15-19-11-12-20(26)16-22(19)30-13-8-2/h7-12,16,21H,1-3,13-15,17H2,4-6H3,(H,27,29)/b18-10+. The summed E-state index contributed by atoms with van der Waals surface area (Å²) < 4.78 is 30.0. The lowest BCUT2D eigenvalue weighted by Gasteiger charge is -2.21. The fraction of sp³-hybridized carbons (Fsp3) is 0.360. The molecule has 0 aromatic heterocycles. The molecule has 7 heteroatoms. The van der Waals surface area contributed by atoms with Gasteiger partial charge in [0.2, 0.25) is 0 Å². The summed E-state index contributed by atoms with van der Waals surface area (Å²) in [5.74, 6) is -0.745. The van der Waals surface area contributed by atoms with Gasteiger partial charge in [0.25, 0.3) is 0 Å². The monoisotopic (exact) mass is 445 g/mol. The Morgan fingerprint density at radius 3 is 2.53 bits per heavy atom. The van der Waals surface area contributed by atoms with E-state index in [4.69, 9.17) is 14.2 Å². The molecule has 0 saturated carbocycles. The minimum atomic E-state index is -0.719. The van der Waals surface area contributed by atoms with Crippen molar-refractivity contribution in [3.63, 3.8) is 0 Å². The molecule has 32 heavy (non-hydrogen) atoms. The van der Waals surface area contributed by atoms with E-state index in [0.29, 0.717) is 17.7 Å². The van der Waals surface area contributed by atoms with E-state index in [1.165, 1.54) is 12.1 Å². The zero-order valence-corrected chi connectivity index (χ0v) is 19.0. The van der Waals surface area contributed by atoms with Gasteiger partial charge in [-0.3, -0.25) is 4.79 Å². The van der Waals surface area contributed by atoms with Gasteiger partial charge >= 0.3 is 12.1 Å². The van der Waals surface area contributed by atoms with Crippen molar-refractivity contribution >= 4 is 12.1 Å². The highest BCUT2D eigenvalue weighted by molar-refractivity contribution is 5.78. The van der Waals surface area contributed by atoms with Crippen LogP contribution in [0.1, 0.15) is 32.8 Å². The molecule has 174 valence electrons. The van der Waals surface area contributed by atoms with Crippen molar-refractivity contribution in [1.29, 1.82) is 0 Å². The molecule has 1 rings (SSSR count). The van der Waals surface area contributed by atoms with E-state index in [2.05, 4.69) is 25.1 Å². The van der Waals surface area contributed by atoms with E-state index < -0.39 is 29.6 Å². The van der Waals surface area contributed by atoms with Crippen LogP contribution < -0.4 is 10.1 Å². The first-order valence-electron chi connectivity index (χ1n) is 10.2. The largest absolute Gasteiger partial charge is 0.489 e. The van der Waals surface area contributed by atoms with E-state index in [1.807, 2.05) is 0 Å². The molecule has 0 aliphatic rings. The van der Waals surface area contributed by atoms with Gasteiger partial charge in [-0.05, 0) is 38.0 Å². The number of halogens is 1. The second kappa shape index (κ2) is 13.1. The van der Waals surface area contributed by atoms with Gasteiger partial charge in [0.1, 0.15) is 36.4 Å². The maximum atomic E-state index is 13.7. The average Bonchev–Trinajstić information content (AvgIpc) is 2.70. The van der Waals surface area contributed by atoms with Gasteiger partial charge in [0, 0.05) is 18.9 Å². The molecule has 1 amide bonds. The Kier molecular flexibility index (Phi) is 11.0. The van der Waals surface area contributed by atoms with E-state index in [0.717, 1.165) is 5.57 Å². The average molecular weight is 446 g/mol. The van der Waals surface area contributed by atoms with Crippen LogP contribution in [0.5, 0.6) is 5.75 Å². The number of carbonyl (C=O) groups is 2. The zero-order chi connectivity index (χ0) is 24.1. The lowest BCUT2D eigenvalue weighted by Crippen LogP contribution is -2.37. The summed E-state index contributed by atoms with van der Waals surface area (Å²) in [4.78, 5) is 24.2. The molecule has 1 atom stereocenters. The van der Waals surface area contributed by atoms with Crippen LogP contribution in [0.25, 0.3) is 0 Å². The first-order chi connectivity index (χ1) is 15.1. The minimum Gasteiger partial charge on any atom is -0.489 e. The lowest BCUT2D eigenvalue weighted by molar-refractivity contribution is -0.147. The van der Waals surface area contributed by atoms with E-state index in [1.54, 1.807) is 51.1 Å². The number of amides is 1. The second-order valence-corrected chi connectivity index (χ2v) is 7.91. The predicted molar refractivity (Wildman–Crippen MR) is 123 cm³/mol. The van der Waals surface area contributed by atoms with Gasteiger partial charge in [-0.25, -0.2) is 9.18 Å². The van der Waals surface area contributed by atoms with Crippen LogP contribution >= 0.6 is 0 Å².